The lowest BCUT2D eigenvalue weighted by Gasteiger charge is -2.33. The molecule has 1 rings (SSSR count). The average molecular weight is 439 g/mol. The van der Waals surface area contributed by atoms with Crippen LogP contribution in [0, 0.1) is 0 Å². The van der Waals surface area contributed by atoms with E-state index in [1.807, 2.05) is 18.2 Å². The second kappa shape index (κ2) is 10.3. The minimum atomic E-state index is 0. The van der Waals surface area contributed by atoms with Gasteiger partial charge in [-0.3, -0.25) is 4.99 Å². The van der Waals surface area contributed by atoms with Crippen LogP contribution in [-0.2, 0) is 6.42 Å². The number of benzene rings is 1. The van der Waals surface area contributed by atoms with Crippen molar-refractivity contribution >= 4 is 41.5 Å². The van der Waals surface area contributed by atoms with E-state index in [1.165, 1.54) is 0 Å². The van der Waals surface area contributed by atoms with E-state index in [1.54, 1.807) is 7.05 Å². The fourth-order valence-corrected chi connectivity index (χ4v) is 1.93. The predicted octanol–water partition coefficient (Wildman–Crippen LogP) is 3.01. The molecule has 1 aromatic rings. The maximum atomic E-state index is 6.15. The largest absolute Gasteiger partial charge is 0.356 e. The summed E-state index contributed by atoms with van der Waals surface area (Å²) in [6.07, 6.45) is 0.872. The van der Waals surface area contributed by atoms with Crippen LogP contribution in [0.25, 0.3) is 0 Å². The lowest BCUT2D eigenvalue weighted by atomic mass is 10.0. The Hall–Kier alpha value is -0.530. The minimum absolute atomic E-state index is 0. The van der Waals surface area contributed by atoms with Crippen molar-refractivity contribution in [1.82, 2.24) is 15.5 Å². The molecular weight excluding hydrogens is 411 g/mol. The lowest BCUT2D eigenvalue weighted by molar-refractivity contribution is 0.197. The Labute approximate surface area is 156 Å². The molecular formula is C16H28ClIN4. The van der Waals surface area contributed by atoms with Gasteiger partial charge in [-0.1, -0.05) is 29.8 Å². The van der Waals surface area contributed by atoms with E-state index in [9.17, 15) is 0 Å². The molecule has 0 aromatic heterocycles. The first-order chi connectivity index (χ1) is 9.86. The molecule has 0 aliphatic heterocycles. The second-order valence-corrected chi connectivity index (χ2v) is 6.31. The molecule has 6 heteroatoms. The van der Waals surface area contributed by atoms with Gasteiger partial charge < -0.3 is 15.5 Å². The molecule has 0 saturated heterocycles. The Morgan fingerprint density at radius 2 is 1.86 bits per heavy atom. The first kappa shape index (κ1) is 21.5. The average Bonchev–Trinajstić information content (AvgIpc) is 2.44. The van der Waals surface area contributed by atoms with E-state index in [0.29, 0.717) is 0 Å². The molecule has 1 aromatic carbocycles. The van der Waals surface area contributed by atoms with Crippen LogP contribution in [-0.4, -0.2) is 50.6 Å². The molecule has 4 nitrogen and oxygen atoms in total. The van der Waals surface area contributed by atoms with Crippen molar-refractivity contribution in [2.24, 2.45) is 4.99 Å². The third-order valence-corrected chi connectivity index (χ3v) is 4.14. The van der Waals surface area contributed by atoms with Crippen molar-refractivity contribution < 1.29 is 0 Å². The molecule has 0 bridgehead atoms. The Balaban J connectivity index is 0.00000441. The zero-order chi connectivity index (χ0) is 15.9. The van der Waals surface area contributed by atoms with Crippen LogP contribution in [0.1, 0.15) is 19.4 Å². The molecule has 0 atom stereocenters. The standard InChI is InChI=1S/C16H27ClN4.HI/c1-16(2,21(4)5)12-20-15(18-3)19-11-10-13-8-6-7-9-14(13)17;/h6-9H,10-12H2,1-5H3,(H2,18,19,20);1H. The van der Waals surface area contributed by atoms with Gasteiger partial charge in [0.25, 0.3) is 0 Å². The number of nitrogens with zero attached hydrogens (tertiary/aromatic N) is 2. The molecule has 0 amide bonds. The van der Waals surface area contributed by atoms with Gasteiger partial charge in [0.1, 0.15) is 0 Å². The van der Waals surface area contributed by atoms with Crippen LogP contribution in [0.5, 0.6) is 0 Å². The Bertz CT molecular complexity index is 475. The molecule has 0 unspecified atom stereocenters. The number of hydrogen-bond donors (Lipinski definition) is 2. The van der Waals surface area contributed by atoms with Gasteiger partial charge >= 0.3 is 0 Å². The van der Waals surface area contributed by atoms with Crippen LogP contribution in [0.4, 0.5) is 0 Å². The number of aliphatic imine (C=N–C) groups is 1. The molecule has 0 spiro atoms. The summed E-state index contributed by atoms with van der Waals surface area (Å²) < 4.78 is 0. The van der Waals surface area contributed by atoms with Crippen LogP contribution < -0.4 is 10.6 Å². The quantitative estimate of drug-likeness (QED) is 0.407. The van der Waals surface area contributed by atoms with Gasteiger partial charge in [0.05, 0.1) is 0 Å². The molecule has 22 heavy (non-hydrogen) atoms. The molecule has 126 valence electrons. The second-order valence-electron chi connectivity index (χ2n) is 5.90. The zero-order valence-corrected chi connectivity index (χ0v) is 17.2. The maximum absolute atomic E-state index is 6.15. The smallest absolute Gasteiger partial charge is 0.191 e. The fraction of sp³-hybridized carbons (Fsp3) is 0.562. The highest BCUT2D eigenvalue weighted by Crippen LogP contribution is 2.14. The molecule has 0 fully saturated rings. The summed E-state index contributed by atoms with van der Waals surface area (Å²) in [6.45, 7) is 6.01. The van der Waals surface area contributed by atoms with Crippen LogP contribution in [0.3, 0.4) is 0 Å². The summed E-state index contributed by atoms with van der Waals surface area (Å²) >= 11 is 6.15. The summed E-state index contributed by atoms with van der Waals surface area (Å²) in [5, 5.41) is 7.49. The van der Waals surface area contributed by atoms with Gasteiger partial charge in [-0.15, -0.1) is 24.0 Å². The van der Waals surface area contributed by atoms with E-state index < -0.39 is 0 Å². The van der Waals surface area contributed by atoms with Crippen LogP contribution in [0.15, 0.2) is 29.3 Å². The molecule has 0 aliphatic rings. The normalized spacial score (nSPS) is 12.0. The predicted molar refractivity (Wildman–Crippen MR) is 108 cm³/mol. The molecule has 0 radical (unpaired) electrons. The summed E-state index contributed by atoms with van der Waals surface area (Å²) in [6, 6.07) is 7.93. The van der Waals surface area contributed by atoms with E-state index in [0.717, 1.165) is 36.1 Å². The molecule has 0 saturated carbocycles. The maximum Gasteiger partial charge on any atom is 0.191 e. The number of guanidine groups is 1. The number of nitrogens with one attached hydrogen (secondary N) is 2. The highest BCUT2D eigenvalue weighted by Gasteiger charge is 2.20. The highest BCUT2D eigenvalue weighted by atomic mass is 127. The van der Waals surface area contributed by atoms with Crippen molar-refractivity contribution in [3.8, 4) is 0 Å². The Morgan fingerprint density at radius 3 is 2.41 bits per heavy atom. The van der Waals surface area contributed by atoms with E-state index >= 15 is 0 Å². The molecule has 0 heterocycles. The van der Waals surface area contributed by atoms with Gasteiger partial charge in [0.15, 0.2) is 5.96 Å². The minimum Gasteiger partial charge on any atom is -0.356 e. The van der Waals surface area contributed by atoms with Gasteiger partial charge in [0, 0.05) is 30.7 Å². The van der Waals surface area contributed by atoms with Crippen molar-refractivity contribution in [2.75, 3.05) is 34.2 Å². The third kappa shape index (κ3) is 7.15. The van der Waals surface area contributed by atoms with Crippen LogP contribution in [0.2, 0.25) is 5.02 Å². The van der Waals surface area contributed by atoms with Gasteiger partial charge in [-0.2, -0.15) is 0 Å². The van der Waals surface area contributed by atoms with E-state index in [-0.39, 0.29) is 29.5 Å². The van der Waals surface area contributed by atoms with Crippen molar-refractivity contribution in [3.63, 3.8) is 0 Å². The highest BCUT2D eigenvalue weighted by molar-refractivity contribution is 14.0. The van der Waals surface area contributed by atoms with E-state index in [4.69, 9.17) is 11.6 Å². The summed E-state index contributed by atoms with van der Waals surface area (Å²) in [5.74, 6) is 0.817. The topological polar surface area (TPSA) is 39.7 Å². The SMILES string of the molecule is CN=C(NCCc1ccccc1Cl)NCC(C)(C)N(C)C.I. The summed E-state index contributed by atoms with van der Waals surface area (Å²) in [5.41, 5.74) is 1.22. The van der Waals surface area contributed by atoms with Crippen molar-refractivity contribution in [3.05, 3.63) is 34.9 Å². The van der Waals surface area contributed by atoms with Crippen LogP contribution >= 0.6 is 35.6 Å². The van der Waals surface area contributed by atoms with Crippen molar-refractivity contribution in [1.29, 1.82) is 0 Å². The molecule has 0 aliphatic carbocycles. The number of rotatable bonds is 6. The zero-order valence-electron chi connectivity index (χ0n) is 14.1. The third-order valence-electron chi connectivity index (χ3n) is 3.77. The number of hydrogen-bond acceptors (Lipinski definition) is 2. The first-order valence-electron chi connectivity index (χ1n) is 7.22. The monoisotopic (exact) mass is 438 g/mol. The molecule has 2 N–H and O–H groups in total. The first-order valence-corrected chi connectivity index (χ1v) is 7.60. The fourth-order valence-electron chi connectivity index (χ4n) is 1.70. The van der Waals surface area contributed by atoms with E-state index in [2.05, 4.69) is 54.5 Å². The summed E-state index contributed by atoms with van der Waals surface area (Å²) in [4.78, 5) is 6.44. The Kier molecular flexibility index (Phi) is 10.0. The Morgan fingerprint density at radius 1 is 1.23 bits per heavy atom. The lowest BCUT2D eigenvalue weighted by Crippen LogP contribution is -2.51. The number of likely N-dealkylation sites (N-methyl/N-ethyl adjacent to an activating group) is 1. The van der Waals surface area contributed by atoms with Crippen molar-refractivity contribution in [2.45, 2.75) is 25.8 Å². The summed E-state index contributed by atoms with van der Waals surface area (Å²) in [7, 11) is 5.94. The van der Waals surface area contributed by atoms with Gasteiger partial charge in [-0.25, -0.2) is 0 Å². The van der Waals surface area contributed by atoms with Gasteiger partial charge in [-0.05, 0) is 46.0 Å². The number of halogens is 2. The van der Waals surface area contributed by atoms with Gasteiger partial charge in [0.2, 0.25) is 0 Å².